The van der Waals surface area contributed by atoms with Crippen molar-refractivity contribution in [2.24, 2.45) is 0 Å². The maximum atomic E-state index is 3.51. The summed E-state index contributed by atoms with van der Waals surface area (Å²) in [5, 5.41) is 4.87. The Morgan fingerprint density at radius 3 is 2.55 bits per heavy atom. The lowest BCUT2D eigenvalue weighted by atomic mass is 10.1. The van der Waals surface area contributed by atoms with Gasteiger partial charge in [0, 0.05) is 30.2 Å². The number of nitrogens with zero attached hydrogens (tertiary/aromatic N) is 1. The van der Waals surface area contributed by atoms with Crippen molar-refractivity contribution < 1.29 is 0 Å². The Balaban J connectivity index is 1.90. The summed E-state index contributed by atoms with van der Waals surface area (Å²) in [7, 11) is 0. The van der Waals surface area contributed by atoms with Gasteiger partial charge in [-0.25, -0.2) is 0 Å². The summed E-state index contributed by atoms with van der Waals surface area (Å²) in [5.74, 6) is 0. The van der Waals surface area contributed by atoms with Crippen LogP contribution in [0, 0.1) is 6.92 Å². The molecule has 0 atom stereocenters. The summed E-state index contributed by atoms with van der Waals surface area (Å²) in [4.78, 5) is 0. The van der Waals surface area contributed by atoms with Crippen molar-refractivity contribution >= 4 is 10.9 Å². The molecular formula is C20H24N2. The molecule has 0 bridgehead atoms. The molecule has 3 aromatic rings. The molecule has 0 unspecified atom stereocenters. The van der Waals surface area contributed by atoms with Crippen LogP contribution in [-0.2, 0) is 13.1 Å². The molecule has 2 nitrogen and oxygen atoms in total. The Hall–Kier alpha value is -2.06. The Labute approximate surface area is 132 Å². The second-order valence-corrected chi connectivity index (χ2v) is 5.96. The van der Waals surface area contributed by atoms with Crippen molar-refractivity contribution in [3.8, 4) is 0 Å². The van der Waals surface area contributed by atoms with Gasteiger partial charge in [-0.05, 0) is 37.1 Å². The average molecular weight is 292 g/mol. The van der Waals surface area contributed by atoms with E-state index in [1.54, 1.807) is 0 Å². The highest BCUT2D eigenvalue weighted by Crippen LogP contribution is 2.22. The number of hydrogen-bond donors (Lipinski definition) is 1. The minimum absolute atomic E-state index is 0.925. The molecule has 0 saturated heterocycles. The van der Waals surface area contributed by atoms with E-state index in [0.717, 1.165) is 19.6 Å². The van der Waals surface area contributed by atoms with E-state index in [1.165, 1.54) is 34.0 Å². The standard InChI is InChI=1S/C20H24N2/c1-3-12-21-13-18-15-22(20-7-5-4-6-19(18)20)14-17-10-8-16(2)9-11-17/h4-11,15,21H,3,12-14H2,1-2H3. The lowest BCUT2D eigenvalue weighted by molar-refractivity contribution is 0.675. The van der Waals surface area contributed by atoms with Crippen molar-refractivity contribution in [2.45, 2.75) is 33.4 Å². The molecule has 3 rings (SSSR count). The first-order valence-electron chi connectivity index (χ1n) is 8.11. The molecule has 0 aliphatic rings. The van der Waals surface area contributed by atoms with Crippen molar-refractivity contribution in [3.05, 3.63) is 71.4 Å². The second-order valence-electron chi connectivity index (χ2n) is 5.96. The highest BCUT2D eigenvalue weighted by Gasteiger charge is 2.08. The fourth-order valence-electron chi connectivity index (χ4n) is 2.88. The summed E-state index contributed by atoms with van der Waals surface area (Å²) < 4.78 is 2.36. The van der Waals surface area contributed by atoms with E-state index in [2.05, 4.69) is 78.5 Å². The van der Waals surface area contributed by atoms with Gasteiger partial charge in [-0.2, -0.15) is 0 Å². The van der Waals surface area contributed by atoms with E-state index >= 15 is 0 Å². The lowest BCUT2D eigenvalue weighted by Crippen LogP contribution is -2.13. The molecule has 0 spiro atoms. The van der Waals surface area contributed by atoms with Gasteiger partial charge in [0.1, 0.15) is 0 Å². The van der Waals surface area contributed by atoms with Gasteiger partial charge in [-0.3, -0.25) is 0 Å². The Bertz CT molecular complexity index is 738. The number of fused-ring (bicyclic) bond motifs is 1. The number of nitrogens with one attached hydrogen (secondary N) is 1. The fraction of sp³-hybridized carbons (Fsp3) is 0.300. The highest BCUT2D eigenvalue weighted by atomic mass is 15.0. The third kappa shape index (κ3) is 3.23. The first kappa shape index (κ1) is 14.9. The normalized spacial score (nSPS) is 11.2. The molecule has 0 fully saturated rings. The molecule has 1 aromatic heterocycles. The maximum absolute atomic E-state index is 3.51. The number of para-hydroxylation sites is 1. The predicted octanol–water partition coefficient (Wildman–Crippen LogP) is 4.50. The summed E-state index contributed by atoms with van der Waals surface area (Å²) >= 11 is 0. The smallest absolute Gasteiger partial charge is 0.0486 e. The molecule has 1 heterocycles. The molecule has 0 saturated carbocycles. The second kappa shape index (κ2) is 6.80. The van der Waals surface area contributed by atoms with Crippen LogP contribution >= 0.6 is 0 Å². The van der Waals surface area contributed by atoms with Crippen LogP contribution in [0.1, 0.15) is 30.0 Å². The predicted molar refractivity (Wildman–Crippen MR) is 94.2 cm³/mol. The van der Waals surface area contributed by atoms with Crippen molar-refractivity contribution in [3.63, 3.8) is 0 Å². The molecule has 1 N–H and O–H groups in total. The van der Waals surface area contributed by atoms with Gasteiger partial charge < -0.3 is 9.88 Å². The van der Waals surface area contributed by atoms with Gasteiger partial charge in [0.25, 0.3) is 0 Å². The van der Waals surface area contributed by atoms with Gasteiger partial charge in [0.15, 0.2) is 0 Å². The monoisotopic (exact) mass is 292 g/mol. The Kier molecular flexibility index (Phi) is 4.59. The van der Waals surface area contributed by atoms with E-state index in [4.69, 9.17) is 0 Å². The quantitative estimate of drug-likeness (QED) is 0.662. The van der Waals surface area contributed by atoms with Crippen LogP contribution in [0.25, 0.3) is 10.9 Å². The molecular weight excluding hydrogens is 268 g/mol. The number of rotatable bonds is 6. The number of hydrogen-bond acceptors (Lipinski definition) is 1. The van der Waals surface area contributed by atoms with E-state index in [0.29, 0.717) is 0 Å². The van der Waals surface area contributed by atoms with Crippen LogP contribution in [-0.4, -0.2) is 11.1 Å². The molecule has 114 valence electrons. The summed E-state index contributed by atoms with van der Waals surface area (Å²) in [6, 6.07) is 17.5. The van der Waals surface area contributed by atoms with Crippen molar-refractivity contribution in [2.75, 3.05) is 6.54 Å². The van der Waals surface area contributed by atoms with E-state index in [1.807, 2.05) is 0 Å². The third-order valence-electron chi connectivity index (χ3n) is 4.09. The molecule has 0 radical (unpaired) electrons. The topological polar surface area (TPSA) is 17.0 Å². The minimum atomic E-state index is 0.925. The van der Waals surface area contributed by atoms with Gasteiger partial charge in [0.2, 0.25) is 0 Å². The average Bonchev–Trinajstić information content (AvgIpc) is 2.88. The van der Waals surface area contributed by atoms with Gasteiger partial charge in [-0.15, -0.1) is 0 Å². The highest BCUT2D eigenvalue weighted by molar-refractivity contribution is 5.84. The summed E-state index contributed by atoms with van der Waals surface area (Å²) in [6.07, 6.45) is 3.47. The molecule has 0 amide bonds. The molecule has 22 heavy (non-hydrogen) atoms. The molecule has 2 aromatic carbocycles. The van der Waals surface area contributed by atoms with E-state index in [-0.39, 0.29) is 0 Å². The minimum Gasteiger partial charge on any atom is -0.343 e. The van der Waals surface area contributed by atoms with Gasteiger partial charge in [0.05, 0.1) is 0 Å². The Morgan fingerprint density at radius 2 is 1.77 bits per heavy atom. The first-order chi connectivity index (χ1) is 10.8. The molecule has 0 aliphatic heterocycles. The van der Waals surface area contributed by atoms with E-state index in [9.17, 15) is 0 Å². The van der Waals surface area contributed by atoms with Crippen molar-refractivity contribution in [1.29, 1.82) is 0 Å². The molecule has 0 aliphatic carbocycles. The van der Waals surface area contributed by atoms with E-state index < -0.39 is 0 Å². The van der Waals surface area contributed by atoms with Gasteiger partial charge in [-0.1, -0.05) is 55.0 Å². The number of aryl methyl sites for hydroxylation is 1. The number of benzene rings is 2. The Morgan fingerprint density at radius 1 is 1.00 bits per heavy atom. The van der Waals surface area contributed by atoms with Crippen LogP contribution in [0.15, 0.2) is 54.7 Å². The first-order valence-corrected chi connectivity index (χ1v) is 8.11. The zero-order chi connectivity index (χ0) is 15.4. The van der Waals surface area contributed by atoms with Crippen molar-refractivity contribution in [1.82, 2.24) is 9.88 Å². The SMILES string of the molecule is CCCNCc1cn(Cc2ccc(C)cc2)c2ccccc12. The van der Waals surface area contributed by atoms with Crippen LogP contribution in [0.5, 0.6) is 0 Å². The summed E-state index contributed by atoms with van der Waals surface area (Å²) in [6.45, 7) is 7.27. The lowest BCUT2D eigenvalue weighted by Gasteiger charge is -2.06. The van der Waals surface area contributed by atoms with Gasteiger partial charge >= 0.3 is 0 Å². The zero-order valence-corrected chi connectivity index (χ0v) is 13.5. The third-order valence-corrected chi connectivity index (χ3v) is 4.09. The van der Waals surface area contributed by atoms with Crippen LogP contribution in [0.4, 0.5) is 0 Å². The fourth-order valence-corrected chi connectivity index (χ4v) is 2.88. The molecule has 2 heteroatoms. The van der Waals surface area contributed by atoms with Crippen LogP contribution in [0.3, 0.4) is 0 Å². The largest absolute Gasteiger partial charge is 0.343 e. The maximum Gasteiger partial charge on any atom is 0.0486 e. The number of aromatic nitrogens is 1. The summed E-state index contributed by atoms with van der Waals surface area (Å²) in [5.41, 5.74) is 5.36. The zero-order valence-electron chi connectivity index (χ0n) is 13.5. The van der Waals surface area contributed by atoms with Crippen LogP contribution in [0.2, 0.25) is 0 Å². The van der Waals surface area contributed by atoms with Crippen LogP contribution < -0.4 is 5.32 Å².